The Labute approximate surface area is 498 Å². The summed E-state index contributed by atoms with van der Waals surface area (Å²) in [5.41, 5.74) is 27.4. The summed E-state index contributed by atoms with van der Waals surface area (Å²) in [5.74, 6) is 0. The van der Waals surface area contributed by atoms with Crippen LogP contribution in [0.5, 0.6) is 0 Å². The van der Waals surface area contributed by atoms with Gasteiger partial charge in [-0.2, -0.15) is 0 Å². The van der Waals surface area contributed by atoms with Gasteiger partial charge < -0.3 is 18.9 Å². The van der Waals surface area contributed by atoms with Gasteiger partial charge in [0, 0.05) is 72.4 Å². The van der Waals surface area contributed by atoms with Crippen LogP contribution in [0, 0.1) is 0 Å². The van der Waals surface area contributed by atoms with Crippen LogP contribution in [0.25, 0.3) is 88.4 Å². The van der Waals surface area contributed by atoms with Gasteiger partial charge in [-0.1, -0.05) is 246 Å². The third-order valence-electron chi connectivity index (χ3n) is 18.2. The molecule has 0 atom stereocenters. The lowest BCUT2D eigenvalue weighted by Gasteiger charge is -2.46. The van der Waals surface area contributed by atoms with Crippen LogP contribution in [0.3, 0.4) is 0 Å². The van der Waals surface area contributed by atoms with Gasteiger partial charge >= 0.3 is 0 Å². The van der Waals surface area contributed by atoms with Gasteiger partial charge in [-0.05, 0) is 123 Å². The maximum absolute atomic E-state index is 2.72. The van der Waals surface area contributed by atoms with Crippen molar-refractivity contribution in [3.63, 3.8) is 0 Å². The van der Waals surface area contributed by atoms with E-state index >= 15 is 0 Å². The van der Waals surface area contributed by atoms with Gasteiger partial charge in [0.05, 0.1) is 33.4 Å². The third kappa shape index (κ3) is 8.05. The molecule has 0 saturated carbocycles. The van der Waals surface area contributed by atoms with E-state index in [0.717, 1.165) is 42.0 Å². The van der Waals surface area contributed by atoms with Crippen LogP contribution in [0.1, 0.15) is 51.7 Å². The van der Waals surface area contributed by atoms with E-state index in [-0.39, 0.29) is 12.1 Å². The monoisotopic (exact) mass is 1090 g/mol. The molecular weight excluding hydrogens is 1030 g/mol. The van der Waals surface area contributed by atoms with E-state index in [1.165, 1.54) is 127 Å². The fraction of sp³-hybridized carbons (Fsp3) is 0.100. The van der Waals surface area contributed by atoms with Gasteiger partial charge in [0.25, 0.3) is 6.71 Å². The molecule has 4 heterocycles. The molecule has 16 rings (SSSR count). The summed E-state index contributed by atoms with van der Waals surface area (Å²) in [7, 11) is 0. The molecule has 0 bridgehead atoms. The summed E-state index contributed by atoms with van der Waals surface area (Å²) >= 11 is 0. The lowest BCUT2D eigenvalue weighted by atomic mass is 9.33. The molecule has 2 aliphatic heterocycles. The van der Waals surface area contributed by atoms with Crippen molar-refractivity contribution in [2.45, 2.75) is 52.4 Å². The highest BCUT2D eigenvalue weighted by molar-refractivity contribution is 7.00. The van der Waals surface area contributed by atoms with Crippen LogP contribution >= 0.6 is 0 Å². The minimum Gasteiger partial charge on any atom is -0.310 e. The Balaban J connectivity index is 1.08. The molecule has 406 valence electrons. The number of unbranched alkanes of at least 4 members (excludes halogenated alkanes) is 1. The first-order valence-electron chi connectivity index (χ1n) is 30.3. The quantitative estimate of drug-likeness (QED) is 0.127. The molecule has 0 aliphatic carbocycles. The Hall–Kier alpha value is -10.1. The van der Waals surface area contributed by atoms with Crippen LogP contribution in [0.4, 0.5) is 34.1 Å². The Morgan fingerprint density at radius 3 is 1.14 bits per heavy atom. The minimum atomic E-state index is -0.250. The molecule has 2 aromatic heterocycles. The zero-order chi connectivity index (χ0) is 56.9. The van der Waals surface area contributed by atoms with Crippen LogP contribution in [0.2, 0.25) is 0 Å². The molecule has 2 aliphatic rings. The average Bonchev–Trinajstić information content (AvgIpc) is 1.27. The van der Waals surface area contributed by atoms with E-state index in [4.69, 9.17) is 0 Å². The summed E-state index contributed by atoms with van der Waals surface area (Å²) in [4.78, 5) is 5.42. The van der Waals surface area contributed by atoms with Crippen molar-refractivity contribution >= 4 is 101 Å². The summed E-state index contributed by atoms with van der Waals surface area (Å²) < 4.78 is 4.99. The van der Waals surface area contributed by atoms with E-state index in [0.29, 0.717) is 0 Å². The smallest absolute Gasteiger partial charge is 0.252 e. The van der Waals surface area contributed by atoms with E-state index < -0.39 is 0 Å². The standard InChI is InChI=1S/C80H63BN4/c1-5-6-26-56-33-24-38-60(53-27-10-7-11-28-53)78(56)84-73-51-58(82-69-41-20-16-34-63(69)64-35-17-21-42-70(64)82)45-47-67(73)81-68-48-46-59(83-71-43-22-18-36-65(71)66-37-19-23-44-72(66)83)52-74(68)85(76-50-57(80(2,3)4)49-75(84)77(76)81)79-61(54-29-12-8-13-30-54)39-25-40-62(79)55-31-14-9-15-32-55/h7-25,27-52H,5-6,26H2,1-4H3. The average molecular weight is 1090 g/mol. The first-order chi connectivity index (χ1) is 41.8. The van der Waals surface area contributed by atoms with Crippen LogP contribution < -0.4 is 26.2 Å². The van der Waals surface area contributed by atoms with E-state index in [9.17, 15) is 0 Å². The van der Waals surface area contributed by atoms with Gasteiger partial charge in [0.2, 0.25) is 0 Å². The highest BCUT2D eigenvalue weighted by atomic mass is 15.2. The first kappa shape index (κ1) is 50.6. The molecule has 4 nitrogen and oxygen atoms in total. The van der Waals surface area contributed by atoms with Crippen LogP contribution in [-0.4, -0.2) is 15.8 Å². The molecule has 14 aromatic rings. The van der Waals surface area contributed by atoms with Crippen molar-refractivity contribution in [1.82, 2.24) is 9.13 Å². The Bertz CT molecular complexity index is 4770. The Morgan fingerprint density at radius 2 is 0.729 bits per heavy atom. The van der Waals surface area contributed by atoms with E-state index in [2.05, 4.69) is 320 Å². The molecule has 12 aromatic carbocycles. The molecule has 0 spiro atoms. The van der Waals surface area contributed by atoms with Crippen molar-refractivity contribution in [3.8, 4) is 44.8 Å². The molecule has 85 heavy (non-hydrogen) atoms. The topological polar surface area (TPSA) is 16.3 Å². The second kappa shape index (κ2) is 20.1. The summed E-state index contributed by atoms with van der Waals surface area (Å²) in [6, 6.07) is 103. The fourth-order valence-corrected chi connectivity index (χ4v) is 14.3. The molecule has 0 unspecified atom stereocenters. The predicted molar refractivity (Wildman–Crippen MR) is 363 cm³/mol. The maximum atomic E-state index is 2.72. The zero-order valence-electron chi connectivity index (χ0n) is 48.5. The van der Waals surface area contributed by atoms with Crippen molar-refractivity contribution in [1.29, 1.82) is 0 Å². The second-order valence-electron chi connectivity index (χ2n) is 24.2. The number of fused-ring (bicyclic) bond motifs is 10. The number of aryl methyl sites for hydroxylation is 1. The summed E-state index contributed by atoms with van der Waals surface area (Å²) in [5, 5.41) is 4.99. The van der Waals surface area contributed by atoms with Crippen molar-refractivity contribution in [2.24, 2.45) is 0 Å². The number of hydrogen-bond donors (Lipinski definition) is 0. The van der Waals surface area contributed by atoms with Crippen LogP contribution in [-0.2, 0) is 11.8 Å². The van der Waals surface area contributed by atoms with Crippen LogP contribution in [0.15, 0.2) is 273 Å². The summed E-state index contributed by atoms with van der Waals surface area (Å²) in [6.45, 7) is 9.33. The fourth-order valence-electron chi connectivity index (χ4n) is 14.3. The van der Waals surface area contributed by atoms with Crippen molar-refractivity contribution < 1.29 is 0 Å². The Kier molecular flexibility index (Phi) is 12.0. The molecule has 0 saturated heterocycles. The van der Waals surface area contributed by atoms with Gasteiger partial charge in [-0.15, -0.1) is 0 Å². The normalized spacial score (nSPS) is 12.8. The largest absolute Gasteiger partial charge is 0.310 e. The molecule has 0 N–H and O–H groups in total. The van der Waals surface area contributed by atoms with Gasteiger partial charge in [-0.25, -0.2) is 0 Å². The summed E-state index contributed by atoms with van der Waals surface area (Å²) in [6.07, 6.45) is 3.11. The SMILES string of the molecule is CCCCc1cccc(-c2ccccc2)c1N1c2cc(-n3c4ccccc4c4ccccc43)ccc2B2c3ccc(-n4c5ccccc5c5ccccc54)cc3N(c3c(-c4ccccc4)cccc3-c3ccccc3)c3cc(C(C)(C)C)cc1c32. The van der Waals surface area contributed by atoms with Gasteiger partial charge in [0.15, 0.2) is 0 Å². The lowest BCUT2D eigenvalue weighted by molar-refractivity contribution is 0.590. The first-order valence-corrected chi connectivity index (χ1v) is 30.3. The highest BCUT2D eigenvalue weighted by Gasteiger charge is 2.46. The van der Waals surface area contributed by atoms with E-state index in [1.54, 1.807) is 0 Å². The zero-order valence-corrected chi connectivity index (χ0v) is 48.5. The number of anilines is 6. The van der Waals surface area contributed by atoms with Crippen molar-refractivity contribution in [3.05, 3.63) is 284 Å². The number of nitrogens with zero attached hydrogens (tertiary/aromatic N) is 4. The molecule has 5 heteroatoms. The van der Waals surface area contributed by atoms with Gasteiger partial charge in [0.1, 0.15) is 0 Å². The second-order valence-corrected chi connectivity index (χ2v) is 24.2. The Morgan fingerprint density at radius 1 is 0.353 bits per heavy atom. The maximum Gasteiger partial charge on any atom is 0.252 e. The predicted octanol–water partition coefficient (Wildman–Crippen LogP) is 19.6. The minimum absolute atomic E-state index is 0.150. The van der Waals surface area contributed by atoms with E-state index in [1.807, 2.05) is 0 Å². The number of hydrogen-bond acceptors (Lipinski definition) is 2. The molecule has 0 radical (unpaired) electrons. The number of benzene rings is 12. The molecular formula is C80H63BN4. The molecule has 0 amide bonds. The highest BCUT2D eigenvalue weighted by Crippen LogP contribution is 2.53. The molecule has 0 fully saturated rings. The van der Waals surface area contributed by atoms with Gasteiger partial charge in [-0.3, -0.25) is 0 Å². The number of aromatic nitrogens is 2. The third-order valence-corrected chi connectivity index (χ3v) is 18.2. The number of rotatable bonds is 10. The van der Waals surface area contributed by atoms with Crippen molar-refractivity contribution in [2.75, 3.05) is 9.80 Å². The number of para-hydroxylation sites is 6. The lowest BCUT2D eigenvalue weighted by Crippen LogP contribution is -2.61.